The molecule has 0 unspecified atom stereocenters. The van der Waals surface area contributed by atoms with Gasteiger partial charge in [0, 0.05) is 34.7 Å². The summed E-state index contributed by atoms with van der Waals surface area (Å²) in [6.07, 6.45) is 2.48. The van der Waals surface area contributed by atoms with Crippen LogP contribution in [0.2, 0.25) is 5.02 Å². The van der Waals surface area contributed by atoms with Crippen LogP contribution in [-0.2, 0) is 13.0 Å². The molecule has 3 aromatic rings. The molecule has 0 saturated heterocycles. The van der Waals surface area contributed by atoms with Crippen molar-refractivity contribution in [1.29, 1.82) is 0 Å². The molecule has 0 bridgehead atoms. The minimum atomic E-state index is -0.410. The summed E-state index contributed by atoms with van der Waals surface area (Å²) in [5, 5.41) is 20.2. The van der Waals surface area contributed by atoms with Crippen LogP contribution in [0.25, 0.3) is 11.3 Å². The van der Waals surface area contributed by atoms with Gasteiger partial charge >= 0.3 is 0 Å². The van der Waals surface area contributed by atoms with E-state index in [9.17, 15) is 10.1 Å². The van der Waals surface area contributed by atoms with E-state index in [2.05, 4.69) is 10.2 Å². The fraction of sp³-hybridized carbons (Fsp3) is 0.111. The summed E-state index contributed by atoms with van der Waals surface area (Å²) in [5.74, 6) is 1.33. The highest BCUT2D eigenvalue weighted by atomic mass is 35.5. The summed E-state index contributed by atoms with van der Waals surface area (Å²) in [5.41, 5.74) is 8.89. The lowest BCUT2D eigenvalue weighted by Crippen LogP contribution is -2.10. The van der Waals surface area contributed by atoms with Crippen LogP contribution in [0, 0.1) is 10.1 Å². The first kappa shape index (κ1) is 16.4. The fourth-order valence-electron chi connectivity index (χ4n) is 3.18. The van der Waals surface area contributed by atoms with Crippen LogP contribution in [-0.4, -0.2) is 19.7 Å². The summed E-state index contributed by atoms with van der Waals surface area (Å²) in [7, 11) is 0. The van der Waals surface area contributed by atoms with Crippen molar-refractivity contribution in [2.75, 3.05) is 0 Å². The number of hydrogen-bond donors (Lipinski definition) is 1. The fourth-order valence-corrected chi connectivity index (χ4v) is 3.42. The van der Waals surface area contributed by atoms with E-state index in [4.69, 9.17) is 17.3 Å². The number of nitrogens with two attached hydrogens (primary N) is 1. The van der Waals surface area contributed by atoms with Gasteiger partial charge in [-0.05, 0) is 17.7 Å². The van der Waals surface area contributed by atoms with Crippen molar-refractivity contribution in [2.24, 2.45) is 5.73 Å². The van der Waals surface area contributed by atoms with E-state index in [-0.39, 0.29) is 12.2 Å². The van der Waals surface area contributed by atoms with Gasteiger partial charge in [0.05, 0.1) is 17.2 Å². The quantitative estimate of drug-likeness (QED) is 0.565. The predicted molar refractivity (Wildman–Crippen MR) is 98.1 cm³/mol. The van der Waals surface area contributed by atoms with Crippen LogP contribution >= 0.6 is 11.6 Å². The van der Waals surface area contributed by atoms with E-state index in [1.165, 1.54) is 6.07 Å². The van der Waals surface area contributed by atoms with Gasteiger partial charge in [0.1, 0.15) is 5.82 Å². The number of rotatable bonds is 3. The molecule has 7 nitrogen and oxygen atoms in total. The molecule has 4 rings (SSSR count). The van der Waals surface area contributed by atoms with Crippen LogP contribution in [0.15, 0.2) is 48.5 Å². The molecule has 130 valence electrons. The van der Waals surface area contributed by atoms with Gasteiger partial charge in [-0.2, -0.15) is 0 Å². The molecule has 1 aromatic heterocycles. The van der Waals surface area contributed by atoms with E-state index in [1.54, 1.807) is 18.2 Å². The Morgan fingerprint density at radius 3 is 2.73 bits per heavy atom. The molecular formula is C18H14ClN5O2. The third-order valence-corrected chi connectivity index (χ3v) is 4.68. The van der Waals surface area contributed by atoms with Crippen molar-refractivity contribution in [2.45, 2.75) is 13.0 Å². The largest absolute Gasteiger partial charge is 0.324 e. The maximum absolute atomic E-state index is 11.3. The van der Waals surface area contributed by atoms with Crippen molar-refractivity contribution in [3.8, 4) is 5.69 Å². The molecule has 2 heterocycles. The maximum atomic E-state index is 11.3. The number of nitro benzene ring substituents is 1. The topological polar surface area (TPSA) is 99.9 Å². The first-order chi connectivity index (χ1) is 12.6. The van der Waals surface area contributed by atoms with Crippen molar-refractivity contribution in [3.05, 3.63) is 86.5 Å². The minimum Gasteiger partial charge on any atom is -0.324 e. The Balaban J connectivity index is 2.03. The molecule has 0 saturated carbocycles. The second-order valence-corrected chi connectivity index (χ2v) is 6.24. The number of non-ortho nitro benzene ring substituents is 1. The molecule has 8 heteroatoms. The Morgan fingerprint density at radius 1 is 1.19 bits per heavy atom. The number of benzene rings is 2. The second kappa shape index (κ2) is 6.36. The zero-order valence-corrected chi connectivity index (χ0v) is 14.3. The summed E-state index contributed by atoms with van der Waals surface area (Å²) in [4.78, 5) is 10.9. The van der Waals surface area contributed by atoms with Crippen molar-refractivity contribution >= 4 is 22.9 Å². The maximum Gasteiger partial charge on any atom is 0.270 e. The van der Waals surface area contributed by atoms with Crippen LogP contribution in [0.1, 0.15) is 22.8 Å². The van der Waals surface area contributed by atoms with E-state index in [1.807, 2.05) is 28.8 Å². The van der Waals surface area contributed by atoms with Gasteiger partial charge in [-0.1, -0.05) is 35.9 Å². The average molecular weight is 368 g/mol. The van der Waals surface area contributed by atoms with Gasteiger partial charge in [0.15, 0.2) is 5.82 Å². The number of aromatic nitrogens is 3. The molecular weight excluding hydrogens is 354 g/mol. The van der Waals surface area contributed by atoms with Gasteiger partial charge in [-0.3, -0.25) is 14.7 Å². The van der Waals surface area contributed by atoms with Gasteiger partial charge in [0.2, 0.25) is 0 Å². The van der Waals surface area contributed by atoms with Crippen LogP contribution in [0.4, 0.5) is 5.69 Å². The third kappa shape index (κ3) is 2.58. The van der Waals surface area contributed by atoms with Crippen LogP contribution < -0.4 is 5.73 Å². The first-order valence-corrected chi connectivity index (χ1v) is 8.35. The zero-order valence-electron chi connectivity index (χ0n) is 13.6. The van der Waals surface area contributed by atoms with Crippen molar-refractivity contribution in [3.63, 3.8) is 0 Å². The van der Waals surface area contributed by atoms with Gasteiger partial charge < -0.3 is 5.73 Å². The van der Waals surface area contributed by atoms with Crippen LogP contribution in [0.3, 0.4) is 0 Å². The molecule has 2 N–H and O–H groups in total. The molecule has 0 atom stereocenters. The Kier molecular flexibility index (Phi) is 4.02. The van der Waals surface area contributed by atoms with Gasteiger partial charge in [-0.15, -0.1) is 10.2 Å². The predicted octanol–water partition coefficient (Wildman–Crippen LogP) is 3.28. The van der Waals surface area contributed by atoms with Gasteiger partial charge in [0.25, 0.3) is 5.69 Å². The van der Waals surface area contributed by atoms with E-state index >= 15 is 0 Å². The zero-order chi connectivity index (χ0) is 18.3. The molecule has 1 aliphatic rings. The van der Waals surface area contributed by atoms with E-state index < -0.39 is 4.92 Å². The standard InChI is InChI=1S/C18H14ClN5O2/c19-15-4-2-1-3-13(15)12-6-8-17-21-22-18(10-20)23(17)16-7-5-11(24(25)26)9-14(12)16/h1-7,9H,8,10,20H2. The number of nitro groups is 1. The Labute approximate surface area is 153 Å². The average Bonchev–Trinajstić information content (AvgIpc) is 2.98. The van der Waals surface area contributed by atoms with Crippen molar-refractivity contribution in [1.82, 2.24) is 14.8 Å². The molecule has 0 fully saturated rings. The lowest BCUT2D eigenvalue weighted by molar-refractivity contribution is -0.384. The molecule has 0 amide bonds. The van der Waals surface area contributed by atoms with Crippen molar-refractivity contribution < 1.29 is 4.92 Å². The highest BCUT2D eigenvalue weighted by Crippen LogP contribution is 2.37. The first-order valence-electron chi connectivity index (χ1n) is 7.97. The Bertz CT molecular complexity index is 1060. The molecule has 0 aliphatic carbocycles. The number of allylic oxidation sites excluding steroid dienone is 1. The summed E-state index contributed by atoms with van der Waals surface area (Å²) < 4.78 is 1.86. The van der Waals surface area contributed by atoms with E-state index in [0.29, 0.717) is 22.8 Å². The number of hydrogen-bond acceptors (Lipinski definition) is 5. The smallest absolute Gasteiger partial charge is 0.270 e. The van der Waals surface area contributed by atoms with E-state index in [0.717, 1.165) is 22.6 Å². The third-order valence-electron chi connectivity index (χ3n) is 4.35. The van der Waals surface area contributed by atoms with Crippen LogP contribution in [0.5, 0.6) is 0 Å². The Morgan fingerprint density at radius 2 is 2.00 bits per heavy atom. The minimum absolute atomic E-state index is 0.00697. The SMILES string of the molecule is NCc1nnc2n1-c1ccc([N+](=O)[O-])cc1C(c1ccccc1Cl)=CC2. The highest BCUT2D eigenvalue weighted by Gasteiger charge is 2.24. The highest BCUT2D eigenvalue weighted by molar-refractivity contribution is 6.32. The number of halogens is 1. The normalized spacial score (nSPS) is 12.8. The second-order valence-electron chi connectivity index (χ2n) is 5.83. The number of nitrogens with zero attached hydrogens (tertiary/aromatic N) is 4. The monoisotopic (exact) mass is 367 g/mol. The lowest BCUT2D eigenvalue weighted by atomic mass is 9.95. The van der Waals surface area contributed by atoms with Gasteiger partial charge in [-0.25, -0.2) is 0 Å². The molecule has 0 radical (unpaired) electrons. The number of fused-ring (bicyclic) bond motifs is 3. The molecule has 2 aromatic carbocycles. The molecule has 1 aliphatic heterocycles. The Hall–Kier alpha value is -3.03. The molecule has 0 spiro atoms. The summed E-state index contributed by atoms with van der Waals surface area (Å²) in [6.45, 7) is 0.213. The summed E-state index contributed by atoms with van der Waals surface area (Å²) >= 11 is 6.39. The summed E-state index contributed by atoms with van der Waals surface area (Å²) in [6, 6.07) is 12.2. The molecule has 26 heavy (non-hydrogen) atoms. The lowest BCUT2D eigenvalue weighted by Gasteiger charge is -2.15.